The number of carboxylic acids is 1. The SMILES string of the molecule is CC1=C(/C=C/C(C)=C\C=C\C(C)=C\COC(=O)CC(=O)C(=O)O)C(C)(C)CCC1. The van der Waals surface area contributed by atoms with Gasteiger partial charge in [-0.25, -0.2) is 4.79 Å². The summed E-state index contributed by atoms with van der Waals surface area (Å²) in [7, 11) is 0. The summed E-state index contributed by atoms with van der Waals surface area (Å²) >= 11 is 0. The summed E-state index contributed by atoms with van der Waals surface area (Å²) in [6.07, 6.45) is 14.8. The molecule has 0 aromatic heterocycles. The summed E-state index contributed by atoms with van der Waals surface area (Å²) in [5.74, 6) is -3.65. The maximum absolute atomic E-state index is 11.3. The molecule has 0 heterocycles. The molecule has 0 amide bonds. The average molecular weight is 401 g/mol. The number of hydrogen-bond donors (Lipinski definition) is 1. The number of Topliss-reactive ketones (excluding diaryl/α,β-unsaturated/α-hetero) is 1. The number of carbonyl (C=O) groups is 3. The molecule has 0 aromatic rings. The second-order valence-corrected chi connectivity index (χ2v) is 8.07. The van der Waals surface area contributed by atoms with E-state index >= 15 is 0 Å². The standard InChI is InChI=1S/C24H32O5/c1-17(11-12-20-19(3)10-7-14-24(20,4)5)8-6-9-18(2)13-15-29-22(26)16-21(25)23(27)28/h6,8-9,11-13H,7,10,14-16H2,1-5H3,(H,27,28)/b9-6+,12-11+,17-8-,18-13+. The largest absolute Gasteiger partial charge is 0.475 e. The lowest BCUT2D eigenvalue weighted by Gasteiger charge is -2.32. The van der Waals surface area contributed by atoms with Gasteiger partial charge < -0.3 is 9.84 Å². The molecule has 0 unspecified atom stereocenters. The van der Waals surface area contributed by atoms with Crippen molar-refractivity contribution in [2.24, 2.45) is 5.41 Å². The van der Waals surface area contributed by atoms with Crippen LogP contribution in [0, 0.1) is 5.41 Å². The number of rotatable bonds is 9. The molecule has 1 N–H and O–H groups in total. The van der Waals surface area contributed by atoms with E-state index in [0.717, 1.165) is 11.1 Å². The molecule has 0 bridgehead atoms. The number of ether oxygens (including phenoxy) is 1. The number of aliphatic carboxylic acids is 1. The third-order valence-electron chi connectivity index (χ3n) is 4.97. The Hall–Kier alpha value is -2.69. The van der Waals surface area contributed by atoms with E-state index in [1.54, 1.807) is 6.08 Å². The first-order chi connectivity index (χ1) is 13.5. The second kappa shape index (κ2) is 11.3. The van der Waals surface area contributed by atoms with Gasteiger partial charge in [-0.05, 0) is 57.1 Å². The predicted molar refractivity (Wildman–Crippen MR) is 114 cm³/mol. The van der Waals surface area contributed by atoms with E-state index in [1.807, 2.05) is 32.1 Å². The van der Waals surface area contributed by atoms with Crippen LogP contribution in [0.2, 0.25) is 0 Å². The van der Waals surface area contributed by atoms with E-state index in [9.17, 15) is 14.4 Å². The van der Waals surface area contributed by atoms with Gasteiger partial charge in [-0.1, -0.05) is 60.9 Å². The fourth-order valence-corrected chi connectivity index (χ4v) is 3.22. The Bertz CT molecular complexity index is 788. The van der Waals surface area contributed by atoms with Crippen LogP contribution in [0.5, 0.6) is 0 Å². The molecule has 158 valence electrons. The van der Waals surface area contributed by atoms with Gasteiger partial charge in [0.1, 0.15) is 13.0 Å². The number of hydrogen-bond acceptors (Lipinski definition) is 4. The normalized spacial score (nSPS) is 17.8. The van der Waals surface area contributed by atoms with Gasteiger partial charge in [0.2, 0.25) is 0 Å². The summed E-state index contributed by atoms with van der Waals surface area (Å²) in [6.45, 7) is 10.7. The Balaban J connectivity index is 2.56. The second-order valence-electron chi connectivity index (χ2n) is 8.07. The zero-order chi connectivity index (χ0) is 22.0. The Labute approximate surface area is 173 Å². The van der Waals surface area contributed by atoms with E-state index in [1.165, 1.54) is 30.4 Å². The van der Waals surface area contributed by atoms with E-state index < -0.39 is 24.1 Å². The molecule has 0 aromatic carbocycles. The Morgan fingerprint density at radius 3 is 2.45 bits per heavy atom. The van der Waals surface area contributed by atoms with Gasteiger partial charge in [-0.15, -0.1) is 0 Å². The van der Waals surface area contributed by atoms with Crippen LogP contribution in [0.25, 0.3) is 0 Å². The molecular formula is C24H32O5. The molecular weight excluding hydrogens is 368 g/mol. The number of esters is 1. The lowest BCUT2D eigenvalue weighted by atomic mass is 9.72. The monoisotopic (exact) mass is 400 g/mol. The lowest BCUT2D eigenvalue weighted by Crippen LogP contribution is -2.19. The summed E-state index contributed by atoms with van der Waals surface area (Å²) in [5, 5.41) is 8.45. The third-order valence-corrected chi connectivity index (χ3v) is 4.97. The van der Waals surface area contributed by atoms with Crippen LogP contribution >= 0.6 is 0 Å². The third kappa shape index (κ3) is 8.90. The highest BCUT2D eigenvalue weighted by molar-refractivity contribution is 6.35. The van der Waals surface area contributed by atoms with Crippen molar-refractivity contribution >= 4 is 17.7 Å². The molecule has 1 rings (SSSR count). The molecule has 0 atom stereocenters. The fraction of sp³-hybridized carbons (Fsp3) is 0.458. The Kier molecular flexibility index (Phi) is 9.53. The van der Waals surface area contributed by atoms with Crippen LogP contribution < -0.4 is 0 Å². The number of carbonyl (C=O) groups excluding carboxylic acids is 2. The molecule has 0 radical (unpaired) electrons. The van der Waals surface area contributed by atoms with Gasteiger partial charge in [0.05, 0.1) is 0 Å². The molecule has 1 aliphatic rings. The quantitative estimate of drug-likeness (QED) is 0.252. The van der Waals surface area contributed by atoms with Crippen molar-refractivity contribution in [3.05, 3.63) is 58.7 Å². The predicted octanol–water partition coefficient (Wildman–Crippen LogP) is 5.11. The van der Waals surface area contributed by atoms with Gasteiger partial charge in [-0.2, -0.15) is 0 Å². The summed E-state index contributed by atoms with van der Waals surface area (Å²) in [6, 6.07) is 0. The first-order valence-electron chi connectivity index (χ1n) is 9.84. The molecule has 0 spiro atoms. The van der Waals surface area contributed by atoms with Crippen molar-refractivity contribution in [2.75, 3.05) is 6.61 Å². The first-order valence-corrected chi connectivity index (χ1v) is 9.84. The minimum absolute atomic E-state index is 0.00693. The number of allylic oxidation sites excluding steroid dienone is 9. The van der Waals surface area contributed by atoms with E-state index in [4.69, 9.17) is 9.84 Å². The van der Waals surface area contributed by atoms with Gasteiger partial charge >= 0.3 is 11.9 Å². The molecule has 0 fully saturated rings. The summed E-state index contributed by atoms with van der Waals surface area (Å²) < 4.78 is 4.83. The number of carboxylic acid groups (broad SMARTS) is 1. The maximum atomic E-state index is 11.3. The Morgan fingerprint density at radius 1 is 1.14 bits per heavy atom. The van der Waals surface area contributed by atoms with Gasteiger partial charge in [0.15, 0.2) is 0 Å². The number of ketones is 1. The van der Waals surface area contributed by atoms with Crippen LogP contribution in [-0.4, -0.2) is 29.4 Å². The molecule has 5 nitrogen and oxygen atoms in total. The lowest BCUT2D eigenvalue weighted by molar-refractivity contribution is -0.154. The van der Waals surface area contributed by atoms with E-state index in [2.05, 4.69) is 32.9 Å². The molecule has 0 saturated carbocycles. The fourth-order valence-electron chi connectivity index (χ4n) is 3.22. The molecule has 0 aliphatic heterocycles. The smallest absolute Gasteiger partial charge is 0.372 e. The van der Waals surface area contributed by atoms with Crippen LogP contribution in [0.4, 0.5) is 0 Å². The van der Waals surface area contributed by atoms with Crippen LogP contribution in [0.15, 0.2) is 58.7 Å². The summed E-state index contributed by atoms with van der Waals surface area (Å²) in [5.41, 5.74) is 5.15. The van der Waals surface area contributed by atoms with Crippen molar-refractivity contribution < 1.29 is 24.2 Å². The van der Waals surface area contributed by atoms with Gasteiger partial charge in [-0.3, -0.25) is 9.59 Å². The van der Waals surface area contributed by atoms with Gasteiger partial charge in [0.25, 0.3) is 5.78 Å². The maximum Gasteiger partial charge on any atom is 0.372 e. The first kappa shape index (κ1) is 24.3. The minimum Gasteiger partial charge on any atom is -0.475 e. The molecule has 5 heteroatoms. The van der Waals surface area contributed by atoms with Crippen molar-refractivity contribution in [1.82, 2.24) is 0 Å². The highest BCUT2D eigenvalue weighted by Crippen LogP contribution is 2.40. The summed E-state index contributed by atoms with van der Waals surface area (Å²) in [4.78, 5) is 32.6. The minimum atomic E-state index is -1.63. The van der Waals surface area contributed by atoms with Crippen molar-refractivity contribution in [3.63, 3.8) is 0 Å². The topological polar surface area (TPSA) is 80.7 Å². The zero-order valence-electron chi connectivity index (χ0n) is 18.1. The van der Waals surface area contributed by atoms with Crippen LogP contribution in [0.3, 0.4) is 0 Å². The van der Waals surface area contributed by atoms with Gasteiger partial charge in [0, 0.05) is 0 Å². The zero-order valence-corrected chi connectivity index (χ0v) is 18.1. The van der Waals surface area contributed by atoms with Crippen molar-refractivity contribution in [2.45, 2.75) is 60.3 Å². The van der Waals surface area contributed by atoms with Crippen LogP contribution in [0.1, 0.15) is 60.3 Å². The van der Waals surface area contributed by atoms with E-state index in [-0.39, 0.29) is 12.0 Å². The van der Waals surface area contributed by atoms with Crippen molar-refractivity contribution in [3.8, 4) is 0 Å². The van der Waals surface area contributed by atoms with Crippen molar-refractivity contribution in [1.29, 1.82) is 0 Å². The highest BCUT2D eigenvalue weighted by Gasteiger charge is 2.26. The average Bonchev–Trinajstić information content (AvgIpc) is 2.60. The molecule has 1 aliphatic carbocycles. The highest BCUT2D eigenvalue weighted by atomic mass is 16.5. The molecule has 29 heavy (non-hydrogen) atoms. The van der Waals surface area contributed by atoms with E-state index in [0.29, 0.717) is 0 Å². The van der Waals surface area contributed by atoms with Crippen LogP contribution in [-0.2, 0) is 19.1 Å². The molecule has 0 saturated heterocycles. The Morgan fingerprint density at radius 2 is 1.83 bits per heavy atom.